The van der Waals surface area contributed by atoms with Gasteiger partial charge >= 0.3 is 0 Å². The number of nitrogens with one attached hydrogen (secondary N) is 1. The average molecular weight is 337 g/mol. The SMILES string of the molecule is O=C1CN(C(=O)CN(Cc2cccs2)C[C@H]2CCCO2)CCN1. The molecule has 126 valence electrons. The first kappa shape index (κ1) is 16.4. The van der Waals surface area contributed by atoms with Gasteiger partial charge in [-0.2, -0.15) is 0 Å². The summed E-state index contributed by atoms with van der Waals surface area (Å²) in [5.74, 6) is -0.0528. The minimum atomic E-state index is -0.0754. The Bertz CT molecular complexity index is 529. The monoisotopic (exact) mass is 337 g/mol. The van der Waals surface area contributed by atoms with Crippen molar-refractivity contribution in [2.24, 2.45) is 0 Å². The van der Waals surface area contributed by atoms with Gasteiger partial charge in [-0.3, -0.25) is 14.5 Å². The molecule has 0 bridgehead atoms. The lowest BCUT2D eigenvalue weighted by Gasteiger charge is -2.30. The third-order valence-corrected chi connectivity index (χ3v) is 5.06. The molecule has 23 heavy (non-hydrogen) atoms. The zero-order chi connectivity index (χ0) is 16.1. The maximum atomic E-state index is 12.5. The first-order valence-electron chi connectivity index (χ1n) is 8.11. The molecular formula is C16H23N3O3S. The molecule has 2 fully saturated rings. The van der Waals surface area contributed by atoms with Gasteiger partial charge in [0.2, 0.25) is 11.8 Å². The second kappa shape index (κ2) is 7.90. The van der Waals surface area contributed by atoms with Crippen LogP contribution < -0.4 is 5.32 Å². The highest BCUT2D eigenvalue weighted by Crippen LogP contribution is 2.17. The Hall–Kier alpha value is -1.44. The minimum absolute atomic E-state index is 0.0226. The van der Waals surface area contributed by atoms with Crippen molar-refractivity contribution in [1.29, 1.82) is 0 Å². The Labute approximate surface area is 140 Å². The first-order valence-corrected chi connectivity index (χ1v) is 8.99. The summed E-state index contributed by atoms with van der Waals surface area (Å²) in [6.45, 7) is 3.99. The number of piperazine rings is 1. The number of rotatable bonds is 6. The van der Waals surface area contributed by atoms with E-state index in [4.69, 9.17) is 4.74 Å². The van der Waals surface area contributed by atoms with Crippen LogP contribution in [0.1, 0.15) is 17.7 Å². The van der Waals surface area contributed by atoms with Gasteiger partial charge in [-0.15, -0.1) is 11.3 Å². The Kier molecular flexibility index (Phi) is 5.64. The van der Waals surface area contributed by atoms with Crippen LogP contribution in [-0.2, 0) is 20.9 Å². The van der Waals surface area contributed by atoms with E-state index in [1.807, 2.05) is 6.07 Å². The first-order chi connectivity index (χ1) is 11.2. The number of hydrogen-bond acceptors (Lipinski definition) is 5. The fourth-order valence-corrected chi connectivity index (χ4v) is 3.77. The molecule has 0 aromatic carbocycles. The highest BCUT2D eigenvalue weighted by Gasteiger charge is 2.25. The van der Waals surface area contributed by atoms with Gasteiger partial charge in [0, 0.05) is 37.7 Å². The molecule has 0 saturated carbocycles. The number of carbonyl (C=O) groups is 2. The molecule has 1 aromatic heterocycles. The molecular weight excluding hydrogens is 314 g/mol. The topological polar surface area (TPSA) is 61.9 Å². The Morgan fingerprint density at radius 2 is 2.43 bits per heavy atom. The van der Waals surface area contributed by atoms with Crippen LogP contribution >= 0.6 is 11.3 Å². The van der Waals surface area contributed by atoms with Gasteiger partial charge in [0.05, 0.1) is 19.2 Å². The molecule has 3 heterocycles. The van der Waals surface area contributed by atoms with Crippen molar-refractivity contribution in [3.05, 3.63) is 22.4 Å². The lowest BCUT2D eigenvalue weighted by molar-refractivity contribution is -0.139. The van der Waals surface area contributed by atoms with E-state index in [0.29, 0.717) is 19.6 Å². The summed E-state index contributed by atoms with van der Waals surface area (Å²) in [7, 11) is 0. The second-order valence-electron chi connectivity index (χ2n) is 6.05. The number of amides is 2. The molecule has 2 amide bonds. The fraction of sp³-hybridized carbons (Fsp3) is 0.625. The second-order valence-corrected chi connectivity index (χ2v) is 7.08. The van der Waals surface area contributed by atoms with Gasteiger partial charge in [0.15, 0.2) is 0 Å². The van der Waals surface area contributed by atoms with E-state index in [-0.39, 0.29) is 24.5 Å². The summed E-state index contributed by atoms with van der Waals surface area (Å²) in [6.07, 6.45) is 2.37. The highest BCUT2D eigenvalue weighted by molar-refractivity contribution is 7.09. The van der Waals surface area contributed by atoms with E-state index < -0.39 is 0 Å². The van der Waals surface area contributed by atoms with Gasteiger partial charge in [-0.25, -0.2) is 0 Å². The molecule has 0 unspecified atom stereocenters. The van der Waals surface area contributed by atoms with Crippen molar-refractivity contribution in [2.75, 3.05) is 39.3 Å². The molecule has 2 saturated heterocycles. The highest BCUT2D eigenvalue weighted by atomic mass is 32.1. The molecule has 0 radical (unpaired) electrons. The van der Waals surface area contributed by atoms with Crippen molar-refractivity contribution in [3.63, 3.8) is 0 Å². The molecule has 1 atom stereocenters. The van der Waals surface area contributed by atoms with E-state index in [1.54, 1.807) is 16.2 Å². The summed E-state index contributed by atoms with van der Waals surface area (Å²) in [5, 5.41) is 4.80. The van der Waals surface area contributed by atoms with Crippen LogP contribution in [0.2, 0.25) is 0 Å². The van der Waals surface area contributed by atoms with Crippen LogP contribution in [0, 0.1) is 0 Å². The zero-order valence-electron chi connectivity index (χ0n) is 13.2. The summed E-state index contributed by atoms with van der Waals surface area (Å²) in [6, 6.07) is 4.12. The van der Waals surface area contributed by atoms with E-state index in [9.17, 15) is 9.59 Å². The fourth-order valence-electron chi connectivity index (χ4n) is 3.03. The lowest BCUT2D eigenvalue weighted by atomic mass is 10.2. The molecule has 0 aliphatic carbocycles. The Morgan fingerprint density at radius 3 is 3.13 bits per heavy atom. The van der Waals surface area contributed by atoms with Crippen LogP contribution in [0.15, 0.2) is 17.5 Å². The molecule has 2 aliphatic heterocycles. The maximum Gasteiger partial charge on any atom is 0.239 e. The van der Waals surface area contributed by atoms with Crippen molar-refractivity contribution < 1.29 is 14.3 Å². The molecule has 7 heteroatoms. The van der Waals surface area contributed by atoms with E-state index in [1.165, 1.54) is 4.88 Å². The van der Waals surface area contributed by atoms with Crippen molar-refractivity contribution in [1.82, 2.24) is 15.1 Å². The average Bonchev–Trinajstić information content (AvgIpc) is 3.21. The summed E-state index contributed by atoms with van der Waals surface area (Å²) < 4.78 is 5.72. The lowest BCUT2D eigenvalue weighted by Crippen LogP contribution is -2.52. The largest absolute Gasteiger partial charge is 0.377 e. The Morgan fingerprint density at radius 1 is 1.52 bits per heavy atom. The third kappa shape index (κ3) is 4.76. The molecule has 3 rings (SSSR count). The van der Waals surface area contributed by atoms with Crippen molar-refractivity contribution in [3.8, 4) is 0 Å². The Balaban J connectivity index is 1.59. The van der Waals surface area contributed by atoms with Crippen LogP contribution in [0.5, 0.6) is 0 Å². The normalized spacial score (nSPS) is 21.7. The number of nitrogens with zero attached hydrogens (tertiary/aromatic N) is 2. The molecule has 2 aliphatic rings. The van der Waals surface area contributed by atoms with Crippen LogP contribution in [0.3, 0.4) is 0 Å². The van der Waals surface area contributed by atoms with E-state index in [0.717, 1.165) is 32.5 Å². The predicted octanol–water partition coefficient (Wildman–Crippen LogP) is 0.687. The van der Waals surface area contributed by atoms with Crippen LogP contribution in [0.25, 0.3) is 0 Å². The van der Waals surface area contributed by atoms with Gasteiger partial charge in [-0.1, -0.05) is 6.07 Å². The quantitative estimate of drug-likeness (QED) is 0.830. The standard InChI is InChI=1S/C16H23N3O3S/c20-15-11-19(6-5-17-15)16(21)12-18(9-13-3-1-7-22-13)10-14-4-2-8-23-14/h2,4,8,13H,1,3,5-7,9-12H2,(H,17,20)/t13-/m1/s1. The van der Waals surface area contributed by atoms with Gasteiger partial charge in [-0.05, 0) is 24.3 Å². The van der Waals surface area contributed by atoms with Gasteiger partial charge in [0.25, 0.3) is 0 Å². The van der Waals surface area contributed by atoms with E-state index >= 15 is 0 Å². The summed E-state index contributed by atoms with van der Waals surface area (Å²) in [4.78, 5) is 29.0. The number of carbonyl (C=O) groups excluding carboxylic acids is 2. The third-order valence-electron chi connectivity index (χ3n) is 4.20. The van der Waals surface area contributed by atoms with E-state index in [2.05, 4.69) is 21.7 Å². The summed E-state index contributed by atoms with van der Waals surface area (Å²) in [5.41, 5.74) is 0. The summed E-state index contributed by atoms with van der Waals surface area (Å²) >= 11 is 1.70. The molecule has 6 nitrogen and oxygen atoms in total. The smallest absolute Gasteiger partial charge is 0.239 e. The molecule has 1 aromatic rings. The number of ether oxygens (including phenoxy) is 1. The zero-order valence-corrected chi connectivity index (χ0v) is 14.0. The van der Waals surface area contributed by atoms with Crippen LogP contribution in [0.4, 0.5) is 0 Å². The maximum absolute atomic E-state index is 12.5. The van der Waals surface area contributed by atoms with Gasteiger partial charge in [0.1, 0.15) is 0 Å². The van der Waals surface area contributed by atoms with Crippen molar-refractivity contribution in [2.45, 2.75) is 25.5 Å². The van der Waals surface area contributed by atoms with Crippen molar-refractivity contribution >= 4 is 23.2 Å². The molecule has 0 spiro atoms. The number of hydrogen-bond donors (Lipinski definition) is 1. The van der Waals surface area contributed by atoms with Gasteiger partial charge < -0.3 is 15.0 Å². The van der Waals surface area contributed by atoms with Crippen LogP contribution in [-0.4, -0.2) is 67.0 Å². The molecule has 1 N–H and O–H groups in total. The number of thiophene rings is 1. The minimum Gasteiger partial charge on any atom is -0.377 e. The predicted molar refractivity (Wildman–Crippen MR) is 88.2 cm³/mol.